The number of hydrogen-bond donors (Lipinski definition) is 2. The van der Waals surface area contributed by atoms with Gasteiger partial charge in [0.2, 0.25) is 0 Å². The van der Waals surface area contributed by atoms with Crippen LogP contribution in [0.15, 0.2) is 12.3 Å². The third kappa shape index (κ3) is 2.71. The van der Waals surface area contributed by atoms with Crippen LogP contribution in [0.25, 0.3) is 0 Å². The predicted molar refractivity (Wildman–Crippen MR) is 63.2 cm³/mol. The number of rotatable bonds is 4. The van der Waals surface area contributed by atoms with Crippen LogP contribution >= 0.6 is 0 Å². The van der Waals surface area contributed by atoms with Crippen LogP contribution in [0, 0.1) is 23.2 Å². The molecule has 2 rings (SSSR count). The van der Waals surface area contributed by atoms with Gasteiger partial charge in [0.05, 0.1) is 11.8 Å². The Kier molecular flexibility index (Phi) is 3.89. The lowest BCUT2D eigenvalue weighted by molar-refractivity contribution is 0.199. The summed E-state index contributed by atoms with van der Waals surface area (Å²) >= 11 is 0. The van der Waals surface area contributed by atoms with Crippen molar-refractivity contribution in [2.75, 3.05) is 18.5 Å². The van der Waals surface area contributed by atoms with Crippen LogP contribution in [-0.2, 0) is 0 Å². The molecule has 1 aliphatic rings. The summed E-state index contributed by atoms with van der Waals surface area (Å²) < 4.78 is 0. The number of nitrogens with zero attached hydrogens (tertiary/aromatic N) is 3. The summed E-state index contributed by atoms with van der Waals surface area (Å²) in [5.41, 5.74) is 0.513. The number of nitriles is 1. The van der Waals surface area contributed by atoms with E-state index in [-0.39, 0.29) is 6.61 Å². The maximum atomic E-state index is 9.23. The Labute approximate surface area is 100 Å². The van der Waals surface area contributed by atoms with Crippen molar-refractivity contribution in [2.45, 2.75) is 19.3 Å². The Hall–Kier alpha value is -1.67. The summed E-state index contributed by atoms with van der Waals surface area (Å²) in [6.07, 6.45) is 4.90. The molecule has 1 saturated carbocycles. The summed E-state index contributed by atoms with van der Waals surface area (Å²) in [6, 6.07) is 3.73. The van der Waals surface area contributed by atoms with Gasteiger partial charge in [-0.1, -0.05) is 6.42 Å². The molecule has 1 aromatic rings. The molecule has 5 nitrogen and oxygen atoms in total. The van der Waals surface area contributed by atoms with Gasteiger partial charge in [-0.2, -0.15) is 10.4 Å². The minimum absolute atomic E-state index is 0.248. The van der Waals surface area contributed by atoms with E-state index in [1.165, 1.54) is 12.6 Å². The average molecular weight is 232 g/mol. The molecule has 0 bridgehead atoms. The largest absolute Gasteiger partial charge is 0.396 e. The van der Waals surface area contributed by atoms with Crippen molar-refractivity contribution in [3.05, 3.63) is 17.8 Å². The van der Waals surface area contributed by atoms with E-state index in [1.54, 1.807) is 6.07 Å². The van der Waals surface area contributed by atoms with Crippen LogP contribution in [0.5, 0.6) is 0 Å². The van der Waals surface area contributed by atoms with Gasteiger partial charge in [0, 0.05) is 13.2 Å². The van der Waals surface area contributed by atoms with Gasteiger partial charge in [-0.15, -0.1) is 5.10 Å². The lowest BCUT2D eigenvalue weighted by atomic mass is 9.97. The van der Waals surface area contributed by atoms with E-state index in [0.29, 0.717) is 23.2 Å². The molecule has 2 unspecified atom stereocenters. The minimum atomic E-state index is 0.248. The monoisotopic (exact) mass is 232 g/mol. The maximum Gasteiger partial charge on any atom is 0.166 e. The van der Waals surface area contributed by atoms with Crippen LogP contribution in [-0.4, -0.2) is 28.5 Å². The highest BCUT2D eigenvalue weighted by molar-refractivity contribution is 5.50. The smallest absolute Gasteiger partial charge is 0.166 e. The number of aliphatic hydroxyl groups excluding tert-OH is 1. The van der Waals surface area contributed by atoms with E-state index in [2.05, 4.69) is 21.6 Å². The fourth-order valence-corrected chi connectivity index (χ4v) is 2.40. The zero-order valence-corrected chi connectivity index (χ0v) is 9.63. The van der Waals surface area contributed by atoms with Crippen LogP contribution < -0.4 is 5.32 Å². The molecule has 1 heterocycles. The number of nitrogens with one attached hydrogen (secondary N) is 1. The fraction of sp³-hybridized carbons (Fsp3) is 0.583. The molecule has 0 radical (unpaired) electrons. The lowest BCUT2D eigenvalue weighted by Crippen LogP contribution is -2.21. The van der Waals surface area contributed by atoms with Gasteiger partial charge in [-0.3, -0.25) is 0 Å². The molecule has 1 fully saturated rings. The molecule has 2 N–H and O–H groups in total. The standard InChI is InChI=1S/C12H16N4O/c13-6-9-4-5-15-16-12(9)14-7-10-2-1-3-11(10)8-17/h4-5,10-11,17H,1-3,7-8H2,(H,14,16). The second-order valence-corrected chi connectivity index (χ2v) is 4.42. The van der Waals surface area contributed by atoms with Crippen molar-refractivity contribution >= 4 is 5.82 Å². The molecular formula is C12H16N4O. The molecule has 90 valence electrons. The number of anilines is 1. The first-order valence-corrected chi connectivity index (χ1v) is 5.91. The van der Waals surface area contributed by atoms with Crippen molar-refractivity contribution in [3.8, 4) is 6.07 Å². The van der Waals surface area contributed by atoms with E-state index in [0.717, 1.165) is 19.4 Å². The second-order valence-electron chi connectivity index (χ2n) is 4.42. The van der Waals surface area contributed by atoms with Crippen molar-refractivity contribution in [1.29, 1.82) is 5.26 Å². The minimum Gasteiger partial charge on any atom is -0.396 e. The third-order valence-electron chi connectivity index (χ3n) is 3.42. The number of aromatic nitrogens is 2. The normalized spacial score (nSPS) is 23.3. The van der Waals surface area contributed by atoms with Crippen molar-refractivity contribution in [1.82, 2.24) is 10.2 Å². The second kappa shape index (κ2) is 5.60. The number of hydrogen-bond acceptors (Lipinski definition) is 5. The summed E-state index contributed by atoms with van der Waals surface area (Å²) in [5, 5.41) is 29.0. The molecule has 0 aliphatic heterocycles. The quantitative estimate of drug-likeness (QED) is 0.814. The fourth-order valence-electron chi connectivity index (χ4n) is 2.40. The van der Waals surface area contributed by atoms with Gasteiger partial charge in [0.25, 0.3) is 0 Å². The zero-order chi connectivity index (χ0) is 12.1. The molecule has 2 atom stereocenters. The molecule has 5 heteroatoms. The van der Waals surface area contributed by atoms with Crippen LogP contribution in [0.3, 0.4) is 0 Å². The van der Waals surface area contributed by atoms with Crippen molar-refractivity contribution in [2.24, 2.45) is 11.8 Å². The summed E-state index contributed by atoms with van der Waals surface area (Å²) in [4.78, 5) is 0. The molecule has 0 amide bonds. The Balaban J connectivity index is 1.96. The van der Waals surface area contributed by atoms with E-state index >= 15 is 0 Å². The predicted octanol–water partition coefficient (Wildman–Crippen LogP) is 1.17. The topological polar surface area (TPSA) is 81.8 Å². The molecule has 0 saturated heterocycles. The van der Waals surface area contributed by atoms with E-state index < -0.39 is 0 Å². The lowest BCUT2D eigenvalue weighted by Gasteiger charge is -2.18. The van der Waals surface area contributed by atoms with Crippen LogP contribution in [0.2, 0.25) is 0 Å². The first-order valence-electron chi connectivity index (χ1n) is 5.91. The highest BCUT2D eigenvalue weighted by Crippen LogP contribution is 2.31. The van der Waals surface area contributed by atoms with Gasteiger partial charge in [-0.25, -0.2) is 0 Å². The highest BCUT2D eigenvalue weighted by Gasteiger charge is 2.26. The van der Waals surface area contributed by atoms with Gasteiger partial charge >= 0.3 is 0 Å². The average Bonchev–Trinajstić information content (AvgIpc) is 2.84. The van der Waals surface area contributed by atoms with Gasteiger partial charge in [-0.05, 0) is 30.7 Å². The third-order valence-corrected chi connectivity index (χ3v) is 3.42. The van der Waals surface area contributed by atoms with Crippen LogP contribution in [0.4, 0.5) is 5.82 Å². The van der Waals surface area contributed by atoms with E-state index in [1.807, 2.05) is 0 Å². The molecule has 0 spiro atoms. The Morgan fingerprint density at radius 3 is 3.06 bits per heavy atom. The summed E-state index contributed by atoms with van der Waals surface area (Å²) in [6.45, 7) is 0.997. The van der Waals surface area contributed by atoms with Gasteiger partial charge in [0.1, 0.15) is 6.07 Å². The van der Waals surface area contributed by atoms with Gasteiger partial charge < -0.3 is 10.4 Å². The molecule has 17 heavy (non-hydrogen) atoms. The first kappa shape index (κ1) is 11.8. The zero-order valence-electron chi connectivity index (χ0n) is 9.63. The van der Waals surface area contributed by atoms with Gasteiger partial charge in [0.15, 0.2) is 5.82 Å². The highest BCUT2D eigenvalue weighted by atomic mass is 16.3. The van der Waals surface area contributed by atoms with Crippen molar-refractivity contribution < 1.29 is 5.11 Å². The number of aliphatic hydroxyl groups is 1. The molecule has 1 aromatic heterocycles. The molecular weight excluding hydrogens is 216 g/mol. The van der Waals surface area contributed by atoms with Crippen LogP contribution in [0.1, 0.15) is 24.8 Å². The summed E-state index contributed by atoms with van der Waals surface area (Å²) in [7, 11) is 0. The van der Waals surface area contributed by atoms with Crippen molar-refractivity contribution in [3.63, 3.8) is 0 Å². The van der Waals surface area contributed by atoms with E-state index in [9.17, 15) is 5.11 Å². The molecule has 0 aromatic carbocycles. The first-order chi connectivity index (χ1) is 8.35. The SMILES string of the molecule is N#Cc1ccnnc1NCC1CCCC1CO. The maximum absolute atomic E-state index is 9.23. The Bertz CT molecular complexity index is 415. The summed E-state index contributed by atoms with van der Waals surface area (Å²) in [5.74, 6) is 1.39. The molecule has 1 aliphatic carbocycles. The Morgan fingerprint density at radius 1 is 1.47 bits per heavy atom. The van der Waals surface area contributed by atoms with E-state index in [4.69, 9.17) is 5.26 Å². The Morgan fingerprint density at radius 2 is 2.29 bits per heavy atom.